The van der Waals surface area contributed by atoms with Crippen molar-refractivity contribution in [2.75, 3.05) is 25.1 Å². The Morgan fingerprint density at radius 3 is 2.80 bits per heavy atom. The van der Waals surface area contributed by atoms with Crippen molar-refractivity contribution in [1.29, 1.82) is 0 Å². The van der Waals surface area contributed by atoms with Crippen LogP contribution in [0.1, 0.15) is 35.2 Å². The number of halogens is 2. The van der Waals surface area contributed by atoms with E-state index in [0.29, 0.717) is 18.8 Å². The maximum atomic E-state index is 15.2. The van der Waals surface area contributed by atoms with Crippen LogP contribution in [0.4, 0.5) is 14.7 Å². The number of aromatic nitrogens is 2. The van der Waals surface area contributed by atoms with Crippen molar-refractivity contribution in [2.45, 2.75) is 31.8 Å². The van der Waals surface area contributed by atoms with E-state index in [0.717, 1.165) is 19.0 Å². The molecule has 0 spiro atoms. The number of carbonyl (C=O) groups excluding carboxylic acids is 1. The Kier molecular flexibility index (Phi) is 5.58. The molecule has 10 heteroatoms. The highest BCUT2D eigenvalue weighted by Crippen LogP contribution is 2.33. The second kappa shape index (κ2) is 8.31. The van der Waals surface area contributed by atoms with Crippen molar-refractivity contribution < 1.29 is 28.2 Å². The summed E-state index contributed by atoms with van der Waals surface area (Å²) in [7, 11) is 0. The van der Waals surface area contributed by atoms with Crippen LogP contribution in [0, 0.1) is 11.6 Å². The monoisotopic (exact) mass is 418 g/mol. The number of carboxylic acid groups (broad SMARTS) is 1. The number of hydrogen-bond donors (Lipinski definition) is 2. The molecule has 1 fully saturated rings. The van der Waals surface area contributed by atoms with Crippen LogP contribution in [-0.4, -0.2) is 57.7 Å². The first kappa shape index (κ1) is 20.1. The molecular weight excluding hydrogens is 398 g/mol. The van der Waals surface area contributed by atoms with Crippen LogP contribution in [0.5, 0.6) is 0 Å². The van der Waals surface area contributed by atoms with Crippen LogP contribution < -0.4 is 5.32 Å². The van der Waals surface area contributed by atoms with Crippen LogP contribution in [0.2, 0.25) is 0 Å². The summed E-state index contributed by atoms with van der Waals surface area (Å²) in [6, 6.07) is 3.00. The van der Waals surface area contributed by atoms with Gasteiger partial charge in [-0.25, -0.2) is 18.7 Å². The normalized spacial score (nSPS) is 16.6. The summed E-state index contributed by atoms with van der Waals surface area (Å²) in [6.45, 7) is 1.29. The summed E-state index contributed by atoms with van der Waals surface area (Å²) in [5.74, 6) is -3.16. The molecule has 8 nitrogen and oxygen atoms in total. The number of rotatable bonds is 6. The smallest absolute Gasteiger partial charge is 0.305 e. The van der Waals surface area contributed by atoms with Gasteiger partial charge in [0.25, 0.3) is 5.91 Å². The molecule has 0 radical (unpaired) electrons. The number of benzene rings is 1. The van der Waals surface area contributed by atoms with E-state index >= 15 is 4.39 Å². The Bertz CT molecular complexity index is 995. The molecular formula is C20H20F2N4O4. The molecule has 1 amide bonds. The Labute approximate surface area is 170 Å². The maximum Gasteiger partial charge on any atom is 0.305 e. The van der Waals surface area contributed by atoms with Gasteiger partial charge in [-0.05, 0) is 24.5 Å². The first-order chi connectivity index (χ1) is 14.4. The first-order valence-electron chi connectivity index (χ1n) is 9.63. The number of carboxylic acids is 1. The molecule has 1 saturated heterocycles. The van der Waals surface area contributed by atoms with E-state index in [2.05, 4.69) is 15.3 Å². The van der Waals surface area contributed by atoms with Crippen LogP contribution in [-0.2, 0) is 16.1 Å². The van der Waals surface area contributed by atoms with Gasteiger partial charge in [-0.1, -0.05) is 6.07 Å². The van der Waals surface area contributed by atoms with Gasteiger partial charge in [0.05, 0.1) is 18.2 Å². The number of ether oxygens (including phenoxy) is 1. The number of nitrogens with zero attached hydrogens (tertiary/aromatic N) is 3. The van der Waals surface area contributed by atoms with Crippen molar-refractivity contribution >= 4 is 17.8 Å². The molecule has 1 aromatic carbocycles. The minimum absolute atomic E-state index is 0.0291. The predicted octanol–water partition coefficient (Wildman–Crippen LogP) is 2.44. The third kappa shape index (κ3) is 3.95. The highest BCUT2D eigenvalue weighted by Gasteiger charge is 2.33. The SMILES string of the molecule is O=C(O)CCN1Cc2ccc(-c3nc(NC4CCOCC4)ncc3F)c(F)c2C1=O. The fraction of sp³-hybridized carbons (Fsp3) is 0.400. The lowest BCUT2D eigenvalue weighted by atomic mass is 10.0. The van der Waals surface area contributed by atoms with Gasteiger partial charge in [-0.15, -0.1) is 0 Å². The standard InChI is InChI=1S/C20H20F2N4O4/c21-14-9-23-20(24-12-4-7-30-8-5-12)25-18(14)13-2-1-11-10-26(6-3-15(27)28)19(29)16(11)17(13)22/h1-2,9,12H,3-8,10H2,(H,27,28)(H,23,24,25). The largest absolute Gasteiger partial charge is 0.481 e. The second-order valence-electron chi connectivity index (χ2n) is 7.25. The fourth-order valence-electron chi connectivity index (χ4n) is 3.66. The van der Waals surface area contributed by atoms with Crippen molar-refractivity contribution in [3.8, 4) is 11.3 Å². The number of carbonyl (C=O) groups is 2. The molecule has 2 aromatic rings. The van der Waals surface area contributed by atoms with Gasteiger partial charge >= 0.3 is 5.97 Å². The molecule has 2 aliphatic rings. The van der Waals surface area contributed by atoms with Crippen LogP contribution >= 0.6 is 0 Å². The Balaban J connectivity index is 1.62. The minimum atomic E-state index is -1.05. The highest BCUT2D eigenvalue weighted by atomic mass is 19.1. The van der Waals surface area contributed by atoms with Crippen molar-refractivity contribution in [2.24, 2.45) is 0 Å². The minimum Gasteiger partial charge on any atom is -0.481 e. The molecule has 1 aromatic heterocycles. The van der Waals surface area contributed by atoms with Gasteiger partial charge in [0.1, 0.15) is 11.5 Å². The van der Waals surface area contributed by atoms with Gasteiger partial charge in [0.15, 0.2) is 5.82 Å². The molecule has 3 heterocycles. The molecule has 4 rings (SSSR count). The number of fused-ring (bicyclic) bond motifs is 1. The molecule has 158 valence electrons. The van der Waals surface area contributed by atoms with E-state index in [1.807, 2.05) is 0 Å². The molecule has 0 atom stereocenters. The average Bonchev–Trinajstić information content (AvgIpc) is 3.05. The van der Waals surface area contributed by atoms with Crippen molar-refractivity contribution in [1.82, 2.24) is 14.9 Å². The second-order valence-corrected chi connectivity index (χ2v) is 7.25. The quantitative estimate of drug-likeness (QED) is 0.742. The molecule has 2 aliphatic heterocycles. The van der Waals surface area contributed by atoms with E-state index in [4.69, 9.17) is 9.84 Å². The number of aliphatic carboxylic acids is 1. The number of nitrogens with one attached hydrogen (secondary N) is 1. The first-order valence-corrected chi connectivity index (χ1v) is 9.63. The lowest BCUT2D eigenvalue weighted by molar-refractivity contribution is -0.137. The number of hydrogen-bond acceptors (Lipinski definition) is 6. The fourth-order valence-corrected chi connectivity index (χ4v) is 3.66. The third-order valence-corrected chi connectivity index (χ3v) is 5.24. The molecule has 30 heavy (non-hydrogen) atoms. The summed E-state index contributed by atoms with van der Waals surface area (Å²) in [5.41, 5.74) is -0.120. The number of anilines is 1. The highest BCUT2D eigenvalue weighted by molar-refractivity contribution is 6.00. The van der Waals surface area contributed by atoms with Crippen LogP contribution in [0.15, 0.2) is 18.3 Å². The summed E-state index contributed by atoms with van der Waals surface area (Å²) < 4.78 is 35.0. The molecule has 0 saturated carbocycles. The van der Waals surface area contributed by atoms with Crippen molar-refractivity contribution in [3.63, 3.8) is 0 Å². The van der Waals surface area contributed by atoms with Gasteiger partial charge in [-0.2, -0.15) is 0 Å². The molecule has 0 aliphatic carbocycles. The zero-order chi connectivity index (χ0) is 21.3. The van der Waals surface area contributed by atoms with Gasteiger partial charge < -0.3 is 20.1 Å². The van der Waals surface area contributed by atoms with E-state index in [1.165, 1.54) is 11.0 Å². The van der Waals surface area contributed by atoms with Gasteiger partial charge in [0.2, 0.25) is 5.95 Å². The van der Waals surface area contributed by atoms with Crippen LogP contribution in [0.3, 0.4) is 0 Å². The molecule has 0 unspecified atom stereocenters. The van der Waals surface area contributed by atoms with Gasteiger partial charge in [-0.3, -0.25) is 9.59 Å². The average molecular weight is 418 g/mol. The van der Waals surface area contributed by atoms with E-state index < -0.39 is 23.5 Å². The topological polar surface area (TPSA) is 105 Å². The van der Waals surface area contributed by atoms with Gasteiger partial charge in [0, 0.05) is 37.9 Å². The summed E-state index contributed by atoms with van der Waals surface area (Å²) in [4.78, 5) is 32.7. The lowest BCUT2D eigenvalue weighted by Crippen LogP contribution is -2.28. The van der Waals surface area contributed by atoms with E-state index in [-0.39, 0.29) is 48.3 Å². The summed E-state index contributed by atoms with van der Waals surface area (Å²) >= 11 is 0. The lowest BCUT2D eigenvalue weighted by Gasteiger charge is -2.23. The van der Waals surface area contributed by atoms with E-state index in [9.17, 15) is 14.0 Å². The summed E-state index contributed by atoms with van der Waals surface area (Å²) in [6.07, 6.45) is 2.24. The Morgan fingerprint density at radius 1 is 1.30 bits per heavy atom. The Hall–Kier alpha value is -3.14. The van der Waals surface area contributed by atoms with Crippen LogP contribution in [0.25, 0.3) is 11.3 Å². The van der Waals surface area contributed by atoms with Crippen molar-refractivity contribution in [3.05, 3.63) is 41.1 Å². The molecule has 0 bridgehead atoms. The zero-order valence-corrected chi connectivity index (χ0v) is 16.0. The predicted molar refractivity (Wildman–Crippen MR) is 102 cm³/mol. The Morgan fingerprint density at radius 2 is 2.07 bits per heavy atom. The summed E-state index contributed by atoms with van der Waals surface area (Å²) in [5, 5.41) is 11.9. The molecule has 2 N–H and O–H groups in total. The third-order valence-electron chi connectivity index (χ3n) is 5.24. The number of amides is 1. The van der Waals surface area contributed by atoms with E-state index in [1.54, 1.807) is 6.07 Å². The zero-order valence-electron chi connectivity index (χ0n) is 16.0. The maximum absolute atomic E-state index is 15.2.